The van der Waals surface area contributed by atoms with E-state index in [1.165, 1.54) is 11.0 Å². The largest absolute Gasteiger partial charge is 0.345 e. The van der Waals surface area contributed by atoms with Crippen LogP contribution in [0.2, 0.25) is 5.02 Å². The topological polar surface area (TPSA) is 67.2 Å². The van der Waals surface area contributed by atoms with Crippen LogP contribution in [-0.4, -0.2) is 40.6 Å². The first-order chi connectivity index (χ1) is 14.8. The quantitative estimate of drug-likeness (QED) is 0.576. The number of rotatable bonds is 6. The first-order valence-corrected chi connectivity index (χ1v) is 10.2. The molecule has 2 amide bonds. The summed E-state index contributed by atoms with van der Waals surface area (Å²) < 4.78 is 1.88. The Labute approximate surface area is 187 Å². The van der Waals surface area contributed by atoms with Crippen molar-refractivity contribution in [2.75, 3.05) is 19.4 Å². The lowest BCUT2D eigenvalue weighted by Gasteiger charge is -2.11. The summed E-state index contributed by atoms with van der Waals surface area (Å²) in [6, 6.07) is 14.5. The van der Waals surface area contributed by atoms with Crippen molar-refractivity contribution in [3.63, 3.8) is 0 Å². The molecular formula is C24H25ClN4O2. The number of aryl methyl sites for hydroxylation is 1. The third-order valence-corrected chi connectivity index (χ3v) is 5.27. The summed E-state index contributed by atoms with van der Waals surface area (Å²) in [4.78, 5) is 26.0. The lowest BCUT2D eigenvalue weighted by atomic mass is 10.1. The van der Waals surface area contributed by atoms with Crippen LogP contribution in [0.15, 0.2) is 54.6 Å². The smallest absolute Gasteiger partial charge is 0.253 e. The molecule has 1 N–H and O–H groups in total. The molecule has 3 aromatic rings. The molecule has 0 saturated heterocycles. The monoisotopic (exact) mass is 436 g/mol. The Morgan fingerprint density at radius 3 is 2.58 bits per heavy atom. The number of halogens is 1. The second-order valence-corrected chi connectivity index (χ2v) is 7.84. The van der Waals surface area contributed by atoms with Gasteiger partial charge in [0.15, 0.2) is 0 Å². The highest BCUT2D eigenvalue weighted by atomic mass is 35.5. The van der Waals surface area contributed by atoms with Crippen molar-refractivity contribution in [3.05, 3.63) is 87.7 Å². The van der Waals surface area contributed by atoms with Crippen molar-refractivity contribution in [3.8, 4) is 0 Å². The van der Waals surface area contributed by atoms with Gasteiger partial charge in [-0.15, -0.1) is 0 Å². The van der Waals surface area contributed by atoms with Crippen LogP contribution in [-0.2, 0) is 11.3 Å². The van der Waals surface area contributed by atoms with E-state index in [1.807, 2.05) is 42.8 Å². The van der Waals surface area contributed by atoms with Crippen molar-refractivity contribution in [1.29, 1.82) is 0 Å². The van der Waals surface area contributed by atoms with E-state index in [-0.39, 0.29) is 11.8 Å². The van der Waals surface area contributed by atoms with Gasteiger partial charge < -0.3 is 10.2 Å². The molecule has 0 aliphatic carbocycles. The molecule has 0 saturated carbocycles. The van der Waals surface area contributed by atoms with Gasteiger partial charge in [0.2, 0.25) is 5.91 Å². The number of carbonyl (C=O) groups excluding carboxylic acids is 2. The van der Waals surface area contributed by atoms with E-state index in [9.17, 15) is 9.59 Å². The molecule has 3 rings (SSSR count). The molecule has 1 heterocycles. The maximum absolute atomic E-state index is 12.4. The first-order valence-electron chi connectivity index (χ1n) is 9.84. The van der Waals surface area contributed by atoms with Gasteiger partial charge in [-0.1, -0.05) is 35.9 Å². The van der Waals surface area contributed by atoms with Crippen molar-refractivity contribution in [1.82, 2.24) is 14.7 Å². The Morgan fingerprint density at radius 1 is 1.13 bits per heavy atom. The number of benzene rings is 2. The number of carbonyl (C=O) groups is 2. The van der Waals surface area contributed by atoms with Crippen LogP contribution in [0.25, 0.3) is 6.08 Å². The number of aromatic nitrogens is 2. The molecule has 7 heteroatoms. The molecule has 0 unspecified atom stereocenters. The summed E-state index contributed by atoms with van der Waals surface area (Å²) in [7, 11) is 3.37. The van der Waals surface area contributed by atoms with Gasteiger partial charge in [0.25, 0.3) is 5.91 Å². The average molecular weight is 437 g/mol. The number of amides is 2. The summed E-state index contributed by atoms with van der Waals surface area (Å²) in [6.45, 7) is 4.42. The number of nitrogens with zero attached hydrogens (tertiary/aromatic N) is 3. The fraction of sp³-hybridized carbons (Fsp3) is 0.208. The summed E-state index contributed by atoms with van der Waals surface area (Å²) in [5.41, 5.74) is 4.71. The third kappa shape index (κ3) is 5.41. The van der Waals surface area contributed by atoms with Crippen LogP contribution in [0.5, 0.6) is 0 Å². The Kier molecular flexibility index (Phi) is 6.92. The van der Waals surface area contributed by atoms with E-state index in [0.29, 0.717) is 22.8 Å². The van der Waals surface area contributed by atoms with Crippen molar-refractivity contribution in [2.24, 2.45) is 0 Å². The van der Waals surface area contributed by atoms with Gasteiger partial charge in [-0.2, -0.15) is 5.10 Å². The first kappa shape index (κ1) is 22.3. The van der Waals surface area contributed by atoms with Crippen LogP contribution in [0.4, 0.5) is 5.69 Å². The minimum Gasteiger partial charge on any atom is -0.345 e. The minimum absolute atomic E-state index is 0.121. The molecule has 31 heavy (non-hydrogen) atoms. The summed E-state index contributed by atoms with van der Waals surface area (Å²) >= 11 is 6.27. The lowest BCUT2D eigenvalue weighted by Crippen LogP contribution is -2.21. The zero-order valence-electron chi connectivity index (χ0n) is 18.0. The van der Waals surface area contributed by atoms with Gasteiger partial charge in [0.1, 0.15) is 0 Å². The van der Waals surface area contributed by atoms with Crippen LogP contribution in [0, 0.1) is 13.8 Å². The Bertz CT molecular complexity index is 1150. The van der Waals surface area contributed by atoms with E-state index in [2.05, 4.69) is 10.4 Å². The van der Waals surface area contributed by atoms with Gasteiger partial charge in [-0.3, -0.25) is 14.3 Å². The van der Waals surface area contributed by atoms with Crippen molar-refractivity contribution >= 4 is 35.2 Å². The SMILES string of the molecule is Cc1nn(Cc2ccccc2Cl)c(C)c1/C=C/C(=O)Nc1cccc(C(=O)N(C)C)c1. The Balaban J connectivity index is 1.73. The van der Waals surface area contributed by atoms with Crippen LogP contribution in [0.1, 0.15) is 32.9 Å². The van der Waals surface area contributed by atoms with Gasteiger partial charge in [-0.05, 0) is 49.8 Å². The summed E-state index contributed by atoms with van der Waals surface area (Å²) in [6.07, 6.45) is 3.22. The Morgan fingerprint density at radius 2 is 1.87 bits per heavy atom. The van der Waals surface area contributed by atoms with E-state index in [0.717, 1.165) is 22.5 Å². The van der Waals surface area contributed by atoms with Crippen molar-refractivity contribution < 1.29 is 9.59 Å². The van der Waals surface area contributed by atoms with Gasteiger partial charge in [-0.25, -0.2) is 0 Å². The second-order valence-electron chi connectivity index (χ2n) is 7.44. The molecule has 0 aliphatic rings. The second kappa shape index (κ2) is 9.62. The van der Waals surface area contributed by atoms with Gasteiger partial charge in [0, 0.05) is 47.7 Å². The normalized spacial score (nSPS) is 11.0. The lowest BCUT2D eigenvalue weighted by molar-refractivity contribution is -0.111. The van der Waals surface area contributed by atoms with E-state index >= 15 is 0 Å². The van der Waals surface area contributed by atoms with Gasteiger partial charge in [0.05, 0.1) is 12.2 Å². The molecule has 0 spiro atoms. The minimum atomic E-state index is -0.285. The third-order valence-electron chi connectivity index (χ3n) is 4.90. The molecule has 6 nitrogen and oxygen atoms in total. The highest BCUT2D eigenvalue weighted by Crippen LogP contribution is 2.20. The molecule has 160 valence electrons. The molecule has 2 aromatic carbocycles. The molecule has 0 aliphatic heterocycles. The maximum atomic E-state index is 12.4. The number of anilines is 1. The average Bonchev–Trinajstić information content (AvgIpc) is 3.00. The molecular weight excluding hydrogens is 412 g/mol. The fourth-order valence-electron chi connectivity index (χ4n) is 3.23. The van der Waals surface area contributed by atoms with Crippen LogP contribution < -0.4 is 5.32 Å². The van der Waals surface area contributed by atoms with Crippen LogP contribution in [0.3, 0.4) is 0 Å². The molecule has 0 fully saturated rings. The molecule has 0 atom stereocenters. The summed E-state index contributed by atoms with van der Waals surface area (Å²) in [5.74, 6) is -0.407. The number of hydrogen-bond donors (Lipinski definition) is 1. The zero-order chi connectivity index (χ0) is 22.5. The fourth-order valence-corrected chi connectivity index (χ4v) is 3.42. The van der Waals surface area contributed by atoms with E-state index in [4.69, 9.17) is 11.6 Å². The zero-order valence-corrected chi connectivity index (χ0v) is 18.8. The highest BCUT2D eigenvalue weighted by Gasteiger charge is 2.12. The van der Waals surface area contributed by atoms with E-state index < -0.39 is 0 Å². The maximum Gasteiger partial charge on any atom is 0.253 e. The number of hydrogen-bond acceptors (Lipinski definition) is 3. The molecule has 0 bridgehead atoms. The molecule has 1 aromatic heterocycles. The predicted molar refractivity (Wildman–Crippen MR) is 124 cm³/mol. The summed E-state index contributed by atoms with van der Waals surface area (Å²) in [5, 5.41) is 8.08. The van der Waals surface area contributed by atoms with E-state index in [1.54, 1.807) is 44.4 Å². The van der Waals surface area contributed by atoms with Crippen LogP contribution >= 0.6 is 11.6 Å². The predicted octanol–water partition coefficient (Wildman–Crippen LogP) is 4.56. The van der Waals surface area contributed by atoms with Gasteiger partial charge >= 0.3 is 0 Å². The Hall–Kier alpha value is -3.38. The molecule has 0 radical (unpaired) electrons. The standard InChI is InChI=1S/C24H25ClN4O2/c1-16-21(17(2)29(27-16)15-19-8-5-6-11-22(19)25)12-13-23(30)26-20-10-7-9-18(14-20)24(31)28(3)4/h5-14H,15H2,1-4H3,(H,26,30)/b13-12+. The highest BCUT2D eigenvalue weighted by molar-refractivity contribution is 6.31. The number of nitrogens with one attached hydrogen (secondary N) is 1. The van der Waals surface area contributed by atoms with Crippen molar-refractivity contribution in [2.45, 2.75) is 20.4 Å².